The van der Waals surface area contributed by atoms with E-state index >= 15 is 0 Å². The first kappa shape index (κ1) is 35.3. The summed E-state index contributed by atoms with van der Waals surface area (Å²) in [5, 5.41) is 6.74. The molecule has 3 fully saturated rings. The van der Waals surface area contributed by atoms with Crippen molar-refractivity contribution in [2.45, 2.75) is 107 Å². The quantitative estimate of drug-likeness (QED) is 0.0786. The third-order valence-corrected chi connectivity index (χ3v) is 17.2. The van der Waals surface area contributed by atoms with E-state index in [1.807, 2.05) is 24.5 Å². The van der Waals surface area contributed by atoms with Gasteiger partial charge in [-0.25, -0.2) is 0 Å². The molecule has 0 aliphatic heterocycles. The lowest BCUT2D eigenvalue weighted by Gasteiger charge is -2.41. The molecule has 3 aliphatic rings. The van der Waals surface area contributed by atoms with Crippen molar-refractivity contribution in [2.24, 2.45) is 0 Å². The maximum Gasteiger partial charge on any atom is 0.258 e. The molecule has 3 saturated carbocycles. The smallest absolute Gasteiger partial charge is 0.258 e. The number of unbranched alkanes of at least 4 members (excludes halogenated alkanes) is 1. The zero-order valence-corrected chi connectivity index (χ0v) is 32.3. The van der Waals surface area contributed by atoms with Gasteiger partial charge in [0.15, 0.2) is 0 Å². The van der Waals surface area contributed by atoms with Gasteiger partial charge in [-0.2, -0.15) is 0 Å². The second-order valence-electron chi connectivity index (χ2n) is 16.3. The van der Waals surface area contributed by atoms with Crippen molar-refractivity contribution >= 4 is 30.3 Å². The van der Waals surface area contributed by atoms with Crippen molar-refractivity contribution in [1.82, 2.24) is 10.3 Å². The van der Waals surface area contributed by atoms with Crippen LogP contribution in [0.25, 0.3) is 11.1 Å². The van der Waals surface area contributed by atoms with Gasteiger partial charge in [-0.1, -0.05) is 129 Å². The molecule has 5 aromatic rings. The summed E-state index contributed by atoms with van der Waals surface area (Å²) in [4.78, 5) is 17.2. The molecule has 268 valence electrons. The fourth-order valence-electron chi connectivity index (χ4n) is 8.49. The second-order valence-corrected chi connectivity index (χ2v) is 20.6. The van der Waals surface area contributed by atoms with Gasteiger partial charge in [0.2, 0.25) is 0 Å². The van der Waals surface area contributed by atoms with Crippen molar-refractivity contribution in [2.75, 3.05) is 0 Å². The van der Waals surface area contributed by atoms with Crippen molar-refractivity contribution in [3.05, 3.63) is 143 Å². The van der Waals surface area contributed by atoms with Crippen LogP contribution in [0.15, 0.2) is 122 Å². The number of ether oxygens (including phenoxy) is 1. The van der Waals surface area contributed by atoms with E-state index in [9.17, 15) is 4.80 Å². The first-order chi connectivity index (χ1) is 25.2. The normalized spacial score (nSPS) is 17.5. The molecular formula is C46H51ClN2O2Si. The molecule has 0 spiro atoms. The van der Waals surface area contributed by atoms with Crippen molar-refractivity contribution in [3.8, 4) is 16.9 Å². The number of aromatic nitrogens is 1. The molecule has 1 heterocycles. The molecule has 4 aromatic carbocycles. The summed E-state index contributed by atoms with van der Waals surface area (Å²) in [5.74, 6) is 0.965. The van der Waals surface area contributed by atoms with Crippen LogP contribution >= 0.6 is 11.6 Å². The van der Waals surface area contributed by atoms with Crippen LogP contribution in [-0.2, 0) is 17.5 Å². The SMILES string of the molecule is CC(C)(CCCCC1(c2ccc(Cl)c(CNC3(c4cnccc4-c4ccccc4OC4CC4)CC3)c2)CC1)[Si](O)(c1ccccc1)c1ccccc1. The summed E-state index contributed by atoms with van der Waals surface area (Å²) in [7, 11) is -2.99. The average molecular weight is 727 g/mol. The second kappa shape index (κ2) is 14.2. The van der Waals surface area contributed by atoms with Gasteiger partial charge in [-0.15, -0.1) is 0 Å². The number of halogens is 1. The van der Waals surface area contributed by atoms with E-state index < -0.39 is 8.32 Å². The Hall–Kier alpha value is -3.74. The van der Waals surface area contributed by atoms with Crippen LogP contribution in [0.2, 0.25) is 10.1 Å². The zero-order valence-electron chi connectivity index (χ0n) is 30.6. The predicted octanol–water partition coefficient (Wildman–Crippen LogP) is 9.85. The summed E-state index contributed by atoms with van der Waals surface area (Å²) >= 11 is 6.90. The number of nitrogens with one attached hydrogen (secondary N) is 1. The molecule has 0 amide bonds. The molecule has 0 bridgehead atoms. The first-order valence-electron chi connectivity index (χ1n) is 19.3. The van der Waals surface area contributed by atoms with Crippen molar-refractivity contribution in [1.29, 1.82) is 0 Å². The molecule has 0 saturated heterocycles. The number of benzene rings is 4. The van der Waals surface area contributed by atoms with Crippen LogP contribution in [0, 0.1) is 0 Å². The number of hydrogen-bond donors (Lipinski definition) is 2. The Morgan fingerprint density at radius 1 is 0.827 bits per heavy atom. The van der Waals surface area contributed by atoms with Gasteiger partial charge in [-0.05, 0) is 113 Å². The van der Waals surface area contributed by atoms with E-state index in [0.29, 0.717) is 12.6 Å². The maximum atomic E-state index is 12.6. The van der Waals surface area contributed by atoms with Crippen molar-refractivity contribution < 1.29 is 9.53 Å². The van der Waals surface area contributed by atoms with Crippen LogP contribution in [0.4, 0.5) is 0 Å². The molecule has 52 heavy (non-hydrogen) atoms. The molecule has 8 rings (SSSR count). The predicted molar refractivity (Wildman–Crippen MR) is 216 cm³/mol. The topological polar surface area (TPSA) is 54.4 Å². The summed E-state index contributed by atoms with van der Waals surface area (Å²) in [6.07, 6.45) is 15.5. The lowest BCUT2D eigenvalue weighted by molar-refractivity contribution is 0.304. The van der Waals surface area contributed by atoms with Gasteiger partial charge < -0.3 is 14.8 Å². The van der Waals surface area contributed by atoms with E-state index in [1.165, 1.54) is 41.5 Å². The standard InChI is InChI=1S/C46H51ClN2O2Si/c1-44(2,52(50,37-13-5-3-6-14-37)38-15-7-4-8-16-38)24-11-12-25-45(26-27-45)35-19-22-42(47)34(31-35)32-49-46(28-29-46)41-33-48-30-23-39(41)40-17-9-10-18-43(40)51-36-20-21-36/h3-10,13-19,22-23,30-31,33,36,49-50H,11-12,20-21,24-29,32H2,1-2H3. The maximum absolute atomic E-state index is 12.6. The van der Waals surface area contributed by atoms with E-state index in [1.54, 1.807) is 0 Å². The minimum absolute atomic E-state index is 0.121. The van der Waals surface area contributed by atoms with Crippen LogP contribution in [-0.4, -0.2) is 24.2 Å². The Morgan fingerprint density at radius 2 is 1.50 bits per heavy atom. The Balaban J connectivity index is 0.939. The van der Waals surface area contributed by atoms with E-state index in [4.69, 9.17) is 16.3 Å². The van der Waals surface area contributed by atoms with E-state index in [-0.39, 0.29) is 16.0 Å². The number of nitrogens with zero attached hydrogens (tertiary/aromatic N) is 1. The highest BCUT2D eigenvalue weighted by Gasteiger charge is 2.50. The van der Waals surface area contributed by atoms with Gasteiger partial charge in [0.1, 0.15) is 5.75 Å². The molecule has 3 aliphatic carbocycles. The fraction of sp³-hybridized carbons (Fsp3) is 0.370. The Kier molecular flexibility index (Phi) is 9.67. The van der Waals surface area contributed by atoms with E-state index in [2.05, 4.69) is 121 Å². The molecule has 6 heteroatoms. The van der Waals surface area contributed by atoms with Gasteiger partial charge in [0, 0.05) is 35.1 Å². The minimum Gasteiger partial charge on any atom is -0.490 e. The molecule has 1 aromatic heterocycles. The van der Waals surface area contributed by atoms with Gasteiger partial charge in [-0.3, -0.25) is 4.98 Å². The third kappa shape index (κ3) is 7.01. The Morgan fingerprint density at radius 3 is 2.15 bits per heavy atom. The number of pyridine rings is 1. The lowest BCUT2D eigenvalue weighted by atomic mass is 9.88. The van der Waals surface area contributed by atoms with Crippen LogP contribution < -0.4 is 20.4 Å². The van der Waals surface area contributed by atoms with Gasteiger partial charge in [0.25, 0.3) is 8.32 Å². The largest absolute Gasteiger partial charge is 0.490 e. The highest BCUT2D eigenvalue weighted by Crippen LogP contribution is 2.54. The highest BCUT2D eigenvalue weighted by molar-refractivity contribution is 6.98. The molecule has 0 atom stereocenters. The van der Waals surface area contributed by atoms with Crippen molar-refractivity contribution in [3.63, 3.8) is 0 Å². The van der Waals surface area contributed by atoms with E-state index in [0.717, 1.165) is 71.7 Å². The van der Waals surface area contributed by atoms with Crippen LogP contribution in [0.3, 0.4) is 0 Å². The highest BCUT2D eigenvalue weighted by atomic mass is 35.5. The summed E-state index contributed by atoms with van der Waals surface area (Å²) in [5.41, 5.74) is 6.29. The molecular weight excluding hydrogens is 676 g/mol. The Labute approximate surface area is 315 Å². The molecule has 4 nitrogen and oxygen atoms in total. The zero-order chi connectivity index (χ0) is 35.8. The summed E-state index contributed by atoms with van der Waals surface area (Å²) < 4.78 is 6.33. The Bertz CT molecular complexity index is 1960. The minimum atomic E-state index is -2.99. The number of para-hydroxylation sites is 1. The number of hydrogen-bond acceptors (Lipinski definition) is 4. The summed E-state index contributed by atoms with van der Waals surface area (Å²) in [6, 6.07) is 38.2. The van der Waals surface area contributed by atoms with Gasteiger partial charge in [0.05, 0.1) is 6.10 Å². The average Bonchev–Trinajstić information content (AvgIpc) is 4.06. The lowest BCUT2D eigenvalue weighted by Crippen LogP contribution is -2.65. The van der Waals surface area contributed by atoms with Crippen LogP contribution in [0.5, 0.6) is 5.75 Å². The molecule has 2 N–H and O–H groups in total. The molecule has 0 unspecified atom stereocenters. The third-order valence-electron chi connectivity index (χ3n) is 12.3. The first-order valence-corrected chi connectivity index (χ1v) is 21.6. The van der Waals surface area contributed by atoms with Gasteiger partial charge >= 0.3 is 0 Å². The molecule has 0 radical (unpaired) electrons. The fourth-order valence-corrected chi connectivity index (χ4v) is 12.5. The summed E-state index contributed by atoms with van der Waals surface area (Å²) in [6.45, 7) is 5.28. The monoisotopic (exact) mass is 726 g/mol. The van der Waals surface area contributed by atoms with Crippen LogP contribution in [0.1, 0.15) is 94.7 Å². The number of rotatable bonds is 16.